The molecule has 2 N–H and O–H groups in total. The molecule has 1 rings (SSSR count). The summed E-state index contributed by atoms with van der Waals surface area (Å²) in [7, 11) is 0. The minimum atomic E-state index is -0.459. The van der Waals surface area contributed by atoms with E-state index < -0.39 is 6.10 Å². The summed E-state index contributed by atoms with van der Waals surface area (Å²) >= 11 is 0. The van der Waals surface area contributed by atoms with E-state index in [4.69, 9.17) is 0 Å². The smallest absolute Gasteiger partial charge is 0.317 e. The van der Waals surface area contributed by atoms with E-state index in [0.29, 0.717) is 13.1 Å². The maximum atomic E-state index is 11.0. The van der Waals surface area contributed by atoms with Gasteiger partial charge in [0, 0.05) is 13.1 Å². The molecule has 64 valence electrons. The molecule has 0 radical (unpaired) electrons. The first kappa shape index (κ1) is 8.33. The third-order valence-electron chi connectivity index (χ3n) is 2.08. The van der Waals surface area contributed by atoms with Crippen molar-refractivity contribution in [3.63, 3.8) is 0 Å². The standard InChI is InChI=1S/C7H14N2O2/c1-5(6(2)10)9-4-3-8-7(9)11/h5-6,10H,3-4H2,1-2H3,(H,8,11). The van der Waals surface area contributed by atoms with Crippen molar-refractivity contribution in [1.82, 2.24) is 10.2 Å². The topological polar surface area (TPSA) is 52.6 Å². The fraction of sp³-hybridized carbons (Fsp3) is 0.857. The second-order valence-corrected chi connectivity index (χ2v) is 2.91. The zero-order valence-electron chi connectivity index (χ0n) is 6.87. The Balaban J connectivity index is 2.52. The van der Waals surface area contributed by atoms with Gasteiger partial charge >= 0.3 is 6.03 Å². The number of aliphatic hydroxyl groups excluding tert-OH is 1. The van der Waals surface area contributed by atoms with Crippen LogP contribution in [-0.4, -0.2) is 41.3 Å². The van der Waals surface area contributed by atoms with Gasteiger partial charge < -0.3 is 15.3 Å². The molecule has 0 aromatic rings. The van der Waals surface area contributed by atoms with Crippen molar-refractivity contribution in [2.45, 2.75) is 26.0 Å². The number of carbonyl (C=O) groups excluding carboxylic acids is 1. The fourth-order valence-corrected chi connectivity index (χ4v) is 1.14. The third-order valence-corrected chi connectivity index (χ3v) is 2.08. The number of nitrogens with one attached hydrogen (secondary N) is 1. The number of aliphatic hydroxyl groups is 1. The van der Waals surface area contributed by atoms with Crippen LogP contribution in [0.15, 0.2) is 0 Å². The summed E-state index contributed by atoms with van der Waals surface area (Å²) < 4.78 is 0. The summed E-state index contributed by atoms with van der Waals surface area (Å²) in [5, 5.41) is 11.9. The summed E-state index contributed by atoms with van der Waals surface area (Å²) in [6, 6.07) is -0.157. The van der Waals surface area contributed by atoms with Gasteiger partial charge in [-0.1, -0.05) is 0 Å². The number of urea groups is 1. The summed E-state index contributed by atoms with van der Waals surface area (Å²) in [6.45, 7) is 4.92. The molecule has 1 fully saturated rings. The molecule has 0 spiro atoms. The van der Waals surface area contributed by atoms with Crippen LogP contribution in [0.4, 0.5) is 4.79 Å². The van der Waals surface area contributed by atoms with Crippen molar-refractivity contribution in [1.29, 1.82) is 0 Å². The van der Waals surface area contributed by atoms with Gasteiger partial charge in [-0.2, -0.15) is 0 Å². The Bertz CT molecular complexity index is 159. The highest BCUT2D eigenvalue weighted by atomic mass is 16.3. The highest BCUT2D eigenvalue weighted by Gasteiger charge is 2.26. The third kappa shape index (κ3) is 1.63. The molecule has 0 bridgehead atoms. The lowest BCUT2D eigenvalue weighted by Gasteiger charge is -2.24. The van der Waals surface area contributed by atoms with Gasteiger partial charge in [0.2, 0.25) is 0 Å². The molecule has 0 saturated carbocycles. The van der Waals surface area contributed by atoms with Crippen molar-refractivity contribution in [3.8, 4) is 0 Å². The Labute approximate surface area is 66.2 Å². The van der Waals surface area contributed by atoms with E-state index >= 15 is 0 Å². The first-order valence-electron chi connectivity index (χ1n) is 3.85. The number of hydrogen-bond donors (Lipinski definition) is 2. The van der Waals surface area contributed by atoms with Crippen molar-refractivity contribution >= 4 is 6.03 Å². The Morgan fingerprint density at radius 1 is 1.64 bits per heavy atom. The molecular formula is C7H14N2O2. The molecule has 0 aromatic heterocycles. The Kier molecular flexibility index (Phi) is 2.34. The first-order valence-corrected chi connectivity index (χ1v) is 3.85. The number of amides is 2. The maximum absolute atomic E-state index is 11.0. The van der Waals surface area contributed by atoms with Crippen LogP contribution in [0.2, 0.25) is 0 Å². The summed E-state index contributed by atoms with van der Waals surface area (Å²) in [4.78, 5) is 12.7. The molecule has 0 aromatic carbocycles. The van der Waals surface area contributed by atoms with E-state index in [1.807, 2.05) is 6.92 Å². The van der Waals surface area contributed by atoms with Crippen molar-refractivity contribution in [2.24, 2.45) is 0 Å². The molecule has 1 saturated heterocycles. The van der Waals surface area contributed by atoms with Gasteiger partial charge in [0.05, 0.1) is 12.1 Å². The summed E-state index contributed by atoms with van der Waals surface area (Å²) in [5.74, 6) is 0. The number of rotatable bonds is 2. The average Bonchev–Trinajstić information content (AvgIpc) is 2.33. The second-order valence-electron chi connectivity index (χ2n) is 2.91. The van der Waals surface area contributed by atoms with Crippen LogP contribution in [0.25, 0.3) is 0 Å². The Hall–Kier alpha value is -0.770. The number of nitrogens with zero attached hydrogens (tertiary/aromatic N) is 1. The molecule has 11 heavy (non-hydrogen) atoms. The van der Waals surface area contributed by atoms with Gasteiger partial charge in [0.25, 0.3) is 0 Å². The fourth-order valence-electron chi connectivity index (χ4n) is 1.14. The molecule has 1 aliphatic heterocycles. The molecule has 2 amide bonds. The lowest BCUT2D eigenvalue weighted by Crippen LogP contribution is -2.42. The molecule has 0 aliphatic carbocycles. The van der Waals surface area contributed by atoms with Gasteiger partial charge in [-0.3, -0.25) is 0 Å². The molecule has 1 heterocycles. The van der Waals surface area contributed by atoms with Crippen LogP contribution in [0.3, 0.4) is 0 Å². The van der Waals surface area contributed by atoms with Crippen molar-refractivity contribution < 1.29 is 9.90 Å². The largest absolute Gasteiger partial charge is 0.391 e. The van der Waals surface area contributed by atoms with E-state index in [9.17, 15) is 9.90 Å². The van der Waals surface area contributed by atoms with E-state index in [0.717, 1.165) is 0 Å². The summed E-state index contributed by atoms with van der Waals surface area (Å²) in [6.07, 6.45) is -0.459. The lowest BCUT2D eigenvalue weighted by molar-refractivity contribution is 0.0983. The number of carbonyl (C=O) groups is 1. The van der Waals surface area contributed by atoms with E-state index in [-0.39, 0.29) is 12.1 Å². The highest BCUT2D eigenvalue weighted by molar-refractivity contribution is 5.76. The van der Waals surface area contributed by atoms with Crippen LogP contribution in [-0.2, 0) is 0 Å². The van der Waals surface area contributed by atoms with Gasteiger partial charge in [-0.05, 0) is 13.8 Å². The minimum Gasteiger partial charge on any atom is -0.391 e. The number of hydrogen-bond acceptors (Lipinski definition) is 2. The normalized spacial score (nSPS) is 23.2. The molecule has 2 atom stereocenters. The van der Waals surface area contributed by atoms with Gasteiger partial charge in [0.15, 0.2) is 0 Å². The zero-order valence-corrected chi connectivity index (χ0v) is 6.87. The van der Waals surface area contributed by atoms with E-state index in [2.05, 4.69) is 5.32 Å². The van der Waals surface area contributed by atoms with E-state index in [1.54, 1.807) is 11.8 Å². The molecule has 2 unspecified atom stereocenters. The van der Waals surface area contributed by atoms with Gasteiger partial charge in [0.1, 0.15) is 0 Å². The van der Waals surface area contributed by atoms with E-state index in [1.165, 1.54) is 0 Å². The molecule has 4 nitrogen and oxygen atoms in total. The highest BCUT2D eigenvalue weighted by Crippen LogP contribution is 2.07. The summed E-state index contributed by atoms with van der Waals surface area (Å²) in [5.41, 5.74) is 0. The molecule has 1 aliphatic rings. The molecule has 4 heteroatoms. The SMILES string of the molecule is CC(O)C(C)N1CCNC1=O. The predicted molar refractivity (Wildman–Crippen MR) is 41.2 cm³/mol. The second kappa shape index (κ2) is 3.09. The van der Waals surface area contributed by atoms with Gasteiger partial charge in [-0.15, -0.1) is 0 Å². The zero-order chi connectivity index (χ0) is 8.43. The van der Waals surface area contributed by atoms with Crippen LogP contribution in [0.1, 0.15) is 13.8 Å². The van der Waals surface area contributed by atoms with Crippen molar-refractivity contribution in [2.75, 3.05) is 13.1 Å². The van der Waals surface area contributed by atoms with Crippen LogP contribution < -0.4 is 5.32 Å². The van der Waals surface area contributed by atoms with Gasteiger partial charge in [-0.25, -0.2) is 4.79 Å². The Morgan fingerprint density at radius 3 is 2.64 bits per heavy atom. The predicted octanol–water partition coefficient (Wildman–Crippen LogP) is -0.219. The van der Waals surface area contributed by atoms with Crippen LogP contribution in [0.5, 0.6) is 0 Å². The Morgan fingerprint density at radius 2 is 2.27 bits per heavy atom. The van der Waals surface area contributed by atoms with Crippen molar-refractivity contribution in [3.05, 3.63) is 0 Å². The maximum Gasteiger partial charge on any atom is 0.317 e. The average molecular weight is 158 g/mol. The quantitative estimate of drug-likeness (QED) is 0.583. The van der Waals surface area contributed by atoms with Crippen LogP contribution >= 0.6 is 0 Å². The minimum absolute atomic E-state index is 0.0709. The van der Waals surface area contributed by atoms with Crippen LogP contribution in [0, 0.1) is 0 Å². The first-order chi connectivity index (χ1) is 5.13. The lowest BCUT2D eigenvalue weighted by atomic mass is 10.2. The molecular weight excluding hydrogens is 144 g/mol. The monoisotopic (exact) mass is 158 g/mol.